The summed E-state index contributed by atoms with van der Waals surface area (Å²) in [6.45, 7) is 3.78. The highest BCUT2D eigenvalue weighted by Crippen LogP contribution is 2.18. The van der Waals surface area contributed by atoms with Crippen LogP contribution < -0.4 is 16.0 Å². The zero-order valence-electron chi connectivity index (χ0n) is 11.9. The second-order valence-electron chi connectivity index (χ2n) is 4.77. The number of hydrogen-bond donors (Lipinski definition) is 3. The molecular weight excluding hydrogens is 288 g/mol. The molecule has 1 atom stereocenters. The lowest BCUT2D eigenvalue weighted by Crippen LogP contribution is -2.27. The summed E-state index contributed by atoms with van der Waals surface area (Å²) < 4.78 is 27.3. The predicted molar refractivity (Wildman–Crippen MR) is 82.0 cm³/mol. The Morgan fingerprint density at radius 3 is 2.48 bits per heavy atom. The average Bonchev–Trinajstić information content (AvgIpc) is 2.47. The molecule has 0 aliphatic heterocycles. The lowest BCUT2D eigenvalue weighted by molar-refractivity contribution is 0.567. The second-order valence-corrected chi connectivity index (χ2v) is 6.49. The fraction of sp³-hybridized carbons (Fsp3) is 0.214. The number of sulfonamides is 1. The summed E-state index contributed by atoms with van der Waals surface area (Å²) in [4.78, 5) is 4.01. The SMILES string of the molecule is Cc1ccc(C(C)NS(=O)(=O)c2ccnc(NN)c2)cc1. The highest BCUT2D eigenvalue weighted by atomic mass is 32.2. The van der Waals surface area contributed by atoms with Gasteiger partial charge in [-0.25, -0.2) is 24.0 Å². The lowest BCUT2D eigenvalue weighted by atomic mass is 10.1. The van der Waals surface area contributed by atoms with E-state index in [-0.39, 0.29) is 10.9 Å². The number of aromatic nitrogens is 1. The molecule has 4 N–H and O–H groups in total. The van der Waals surface area contributed by atoms with E-state index in [1.807, 2.05) is 31.2 Å². The summed E-state index contributed by atoms with van der Waals surface area (Å²) in [7, 11) is -3.64. The molecule has 0 aliphatic rings. The smallest absolute Gasteiger partial charge is 0.241 e. The van der Waals surface area contributed by atoms with E-state index in [9.17, 15) is 8.42 Å². The fourth-order valence-electron chi connectivity index (χ4n) is 1.88. The van der Waals surface area contributed by atoms with Gasteiger partial charge in [-0.05, 0) is 25.5 Å². The van der Waals surface area contributed by atoms with Crippen molar-refractivity contribution in [2.75, 3.05) is 5.43 Å². The fourth-order valence-corrected chi connectivity index (χ4v) is 3.13. The van der Waals surface area contributed by atoms with Crippen LogP contribution in [0.25, 0.3) is 0 Å². The summed E-state index contributed by atoms with van der Waals surface area (Å²) in [5, 5.41) is 0. The van der Waals surface area contributed by atoms with E-state index in [1.54, 1.807) is 6.92 Å². The van der Waals surface area contributed by atoms with Crippen molar-refractivity contribution in [3.8, 4) is 0 Å². The molecule has 1 aromatic carbocycles. The highest BCUT2D eigenvalue weighted by molar-refractivity contribution is 7.89. The molecule has 0 aliphatic carbocycles. The van der Waals surface area contributed by atoms with Crippen LogP contribution in [0.15, 0.2) is 47.5 Å². The molecule has 0 fully saturated rings. The molecule has 0 radical (unpaired) electrons. The van der Waals surface area contributed by atoms with Gasteiger partial charge in [0, 0.05) is 18.3 Å². The van der Waals surface area contributed by atoms with E-state index >= 15 is 0 Å². The molecule has 7 heteroatoms. The van der Waals surface area contributed by atoms with Crippen molar-refractivity contribution < 1.29 is 8.42 Å². The van der Waals surface area contributed by atoms with E-state index < -0.39 is 10.0 Å². The minimum Gasteiger partial charge on any atom is -0.308 e. The molecule has 2 rings (SSSR count). The largest absolute Gasteiger partial charge is 0.308 e. The van der Waals surface area contributed by atoms with Crippen molar-refractivity contribution >= 4 is 15.8 Å². The molecule has 6 nitrogen and oxygen atoms in total. The van der Waals surface area contributed by atoms with Gasteiger partial charge >= 0.3 is 0 Å². The Bertz CT molecular complexity index is 714. The third-order valence-corrected chi connectivity index (χ3v) is 4.64. The first-order valence-corrected chi connectivity index (χ1v) is 7.92. The van der Waals surface area contributed by atoms with Gasteiger partial charge in [-0.2, -0.15) is 0 Å². The Hall–Kier alpha value is -1.96. The molecule has 0 amide bonds. The lowest BCUT2D eigenvalue weighted by Gasteiger charge is -2.15. The molecule has 0 saturated heterocycles. The minimum absolute atomic E-state index is 0.115. The first kappa shape index (κ1) is 15.4. The molecule has 0 spiro atoms. The zero-order chi connectivity index (χ0) is 15.5. The molecule has 112 valence electrons. The van der Waals surface area contributed by atoms with Crippen LogP contribution in [0.5, 0.6) is 0 Å². The van der Waals surface area contributed by atoms with Gasteiger partial charge in [0.15, 0.2) is 0 Å². The van der Waals surface area contributed by atoms with E-state index in [0.29, 0.717) is 5.82 Å². The van der Waals surface area contributed by atoms with Crippen LogP contribution in [0.2, 0.25) is 0 Å². The third kappa shape index (κ3) is 3.78. The van der Waals surface area contributed by atoms with Crippen LogP contribution in [0, 0.1) is 6.92 Å². The van der Waals surface area contributed by atoms with Crippen molar-refractivity contribution in [2.24, 2.45) is 5.84 Å². The van der Waals surface area contributed by atoms with Gasteiger partial charge in [-0.15, -0.1) is 0 Å². The van der Waals surface area contributed by atoms with Crippen molar-refractivity contribution in [2.45, 2.75) is 24.8 Å². The topological polar surface area (TPSA) is 97.1 Å². The van der Waals surface area contributed by atoms with Crippen LogP contribution in [0.4, 0.5) is 5.82 Å². The Morgan fingerprint density at radius 2 is 1.86 bits per heavy atom. The van der Waals surface area contributed by atoms with E-state index in [1.165, 1.54) is 18.3 Å². The molecule has 2 aromatic rings. The second kappa shape index (κ2) is 6.21. The standard InChI is InChI=1S/C14H18N4O2S/c1-10-3-5-12(6-4-10)11(2)18-21(19,20)13-7-8-16-14(9-13)17-15/h3-9,11,18H,15H2,1-2H3,(H,16,17). The average molecular weight is 306 g/mol. The number of rotatable bonds is 5. The maximum absolute atomic E-state index is 12.3. The third-order valence-electron chi connectivity index (χ3n) is 3.10. The summed E-state index contributed by atoms with van der Waals surface area (Å²) in [6.07, 6.45) is 1.39. The predicted octanol–water partition coefficient (Wildman–Crippen LogP) is 1.72. The number of pyridine rings is 1. The Kier molecular flexibility index (Phi) is 4.56. The van der Waals surface area contributed by atoms with Crippen LogP contribution in [0.3, 0.4) is 0 Å². The number of hydrogen-bond acceptors (Lipinski definition) is 5. The summed E-state index contributed by atoms with van der Waals surface area (Å²) in [6, 6.07) is 10.2. The van der Waals surface area contributed by atoms with Gasteiger partial charge in [-0.1, -0.05) is 29.8 Å². The number of nitrogens with two attached hydrogens (primary N) is 1. The summed E-state index contributed by atoms with van der Waals surface area (Å²) in [5.41, 5.74) is 4.35. The number of hydrazine groups is 1. The first-order valence-electron chi connectivity index (χ1n) is 6.44. The number of anilines is 1. The quantitative estimate of drug-likeness (QED) is 0.577. The van der Waals surface area contributed by atoms with Gasteiger partial charge in [0.05, 0.1) is 4.90 Å². The number of nitrogens with one attached hydrogen (secondary N) is 2. The molecule has 21 heavy (non-hydrogen) atoms. The number of nitrogens with zero attached hydrogens (tertiary/aromatic N) is 1. The summed E-state index contributed by atoms with van der Waals surface area (Å²) >= 11 is 0. The molecule has 1 unspecified atom stereocenters. The van der Waals surface area contributed by atoms with Crippen LogP contribution in [-0.4, -0.2) is 13.4 Å². The van der Waals surface area contributed by atoms with Gasteiger partial charge in [-0.3, -0.25) is 0 Å². The van der Waals surface area contributed by atoms with Crippen LogP contribution in [0.1, 0.15) is 24.1 Å². The van der Waals surface area contributed by atoms with E-state index in [4.69, 9.17) is 5.84 Å². The van der Waals surface area contributed by atoms with Gasteiger partial charge < -0.3 is 5.43 Å². The van der Waals surface area contributed by atoms with Crippen molar-refractivity contribution in [1.82, 2.24) is 9.71 Å². The van der Waals surface area contributed by atoms with Crippen LogP contribution in [-0.2, 0) is 10.0 Å². The number of benzene rings is 1. The molecule has 0 bridgehead atoms. The van der Waals surface area contributed by atoms with E-state index in [0.717, 1.165) is 11.1 Å². The Labute approximate surface area is 124 Å². The van der Waals surface area contributed by atoms with Crippen LogP contribution >= 0.6 is 0 Å². The van der Waals surface area contributed by atoms with Gasteiger partial charge in [0.25, 0.3) is 0 Å². The maximum atomic E-state index is 12.3. The molecule has 1 heterocycles. The zero-order valence-corrected chi connectivity index (χ0v) is 12.7. The van der Waals surface area contributed by atoms with Crippen molar-refractivity contribution in [3.63, 3.8) is 0 Å². The van der Waals surface area contributed by atoms with Crippen molar-refractivity contribution in [1.29, 1.82) is 0 Å². The van der Waals surface area contributed by atoms with Gasteiger partial charge in [0.1, 0.15) is 5.82 Å². The van der Waals surface area contributed by atoms with E-state index in [2.05, 4.69) is 15.1 Å². The van der Waals surface area contributed by atoms with Crippen molar-refractivity contribution in [3.05, 3.63) is 53.7 Å². The van der Waals surface area contributed by atoms with Gasteiger partial charge in [0.2, 0.25) is 10.0 Å². The maximum Gasteiger partial charge on any atom is 0.241 e. The molecule has 1 aromatic heterocycles. The number of nitrogen functional groups attached to an aromatic ring is 1. The Balaban J connectivity index is 2.22. The first-order chi connectivity index (χ1) is 9.92. The monoisotopic (exact) mass is 306 g/mol. The number of aryl methyl sites for hydroxylation is 1. The minimum atomic E-state index is -3.64. The highest BCUT2D eigenvalue weighted by Gasteiger charge is 2.18. The normalized spacial score (nSPS) is 12.9. The Morgan fingerprint density at radius 1 is 1.19 bits per heavy atom. The molecule has 0 saturated carbocycles. The molecular formula is C14H18N4O2S. The summed E-state index contributed by atoms with van der Waals surface area (Å²) in [5.74, 6) is 5.53.